The van der Waals surface area contributed by atoms with Crippen LogP contribution in [0.2, 0.25) is 0 Å². The summed E-state index contributed by atoms with van der Waals surface area (Å²) in [5.74, 6) is 0.154. The summed E-state index contributed by atoms with van der Waals surface area (Å²) in [4.78, 5) is 16.5. The molecule has 7 nitrogen and oxygen atoms in total. The number of aromatic amines is 1. The highest BCUT2D eigenvalue weighted by molar-refractivity contribution is 5.78. The summed E-state index contributed by atoms with van der Waals surface area (Å²) < 4.78 is 0. The standard InChI is InChI=1S/C16H27N5O2/c1-20(13-6-3-2-4-7-13)15(22)11-21-9-5-8-16(23,12-21)14-10-17-19-18-14/h10,13,23H,2-9,11-12H2,1H3,(H,17,18,19). The van der Waals surface area contributed by atoms with Gasteiger partial charge in [-0.1, -0.05) is 19.3 Å². The molecule has 0 bridgehead atoms. The zero-order valence-corrected chi connectivity index (χ0v) is 13.9. The van der Waals surface area contributed by atoms with Crippen molar-refractivity contribution >= 4 is 5.91 Å². The van der Waals surface area contributed by atoms with Gasteiger partial charge in [-0.2, -0.15) is 15.4 Å². The fraction of sp³-hybridized carbons (Fsp3) is 0.812. The molecule has 2 fully saturated rings. The van der Waals surface area contributed by atoms with E-state index in [1.165, 1.54) is 19.3 Å². The maximum Gasteiger partial charge on any atom is 0.236 e. The van der Waals surface area contributed by atoms with E-state index in [9.17, 15) is 9.90 Å². The Morgan fingerprint density at radius 1 is 1.43 bits per heavy atom. The van der Waals surface area contributed by atoms with Crippen molar-refractivity contribution in [2.75, 3.05) is 26.7 Å². The van der Waals surface area contributed by atoms with E-state index in [0.717, 1.165) is 25.8 Å². The number of hydrogen-bond donors (Lipinski definition) is 2. The first-order valence-corrected chi connectivity index (χ1v) is 8.65. The maximum atomic E-state index is 12.6. The van der Waals surface area contributed by atoms with Gasteiger partial charge < -0.3 is 10.0 Å². The highest BCUT2D eigenvalue weighted by Crippen LogP contribution is 2.29. The lowest BCUT2D eigenvalue weighted by atomic mass is 9.90. The highest BCUT2D eigenvalue weighted by atomic mass is 16.3. The van der Waals surface area contributed by atoms with Gasteiger partial charge in [-0.25, -0.2) is 0 Å². The Kier molecular flexibility index (Phi) is 4.96. The number of nitrogens with zero attached hydrogens (tertiary/aromatic N) is 4. The van der Waals surface area contributed by atoms with Crippen LogP contribution in [-0.2, 0) is 10.4 Å². The van der Waals surface area contributed by atoms with E-state index in [1.807, 2.05) is 16.8 Å². The first-order valence-electron chi connectivity index (χ1n) is 8.65. The number of carbonyl (C=O) groups excluding carboxylic acids is 1. The molecule has 1 amide bonds. The fourth-order valence-corrected chi connectivity index (χ4v) is 3.87. The summed E-state index contributed by atoms with van der Waals surface area (Å²) in [5, 5.41) is 21.2. The van der Waals surface area contributed by atoms with Crippen molar-refractivity contribution in [1.82, 2.24) is 25.2 Å². The number of amides is 1. The zero-order chi connectivity index (χ0) is 16.3. The summed E-state index contributed by atoms with van der Waals surface area (Å²) in [7, 11) is 1.92. The van der Waals surface area contributed by atoms with Gasteiger partial charge >= 0.3 is 0 Å². The van der Waals surface area contributed by atoms with Crippen molar-refractivity contribution in [1.29, 1.82) is 0 Å². The molecule has 1 aliphatic carbocycles. The van der Waals surface area contributed by atoms with Crippen molar-refractivity contribution < 1.29 is 9.90 Å². The number of likely N-dealkylation sites (N-methyl/N-ethyl adjacent to an activating group) is 1. The molecule has 1 aromatic rings. The summed E-state index contributed by atoms with van der Waals surface area (Å²) in [6.07, 6.45) is 9.04. The van der Waals surface area contributed by atoms with Crippen LogP contribution in [0.5, 0.6) is 0 Å². The summed E-state index contributed by atoms with van der Waals surface area (Å²) in [6.45, 7) is 1.64. The van der Waals surface area contributed by atoms with Gasteiger partial charge in [0, 0.05) is 19.6 Å². The second-order valence-corrected chi connectivity index (χ2v) is 7.00. The van der Waals surface area contributed by atoms with E-state index in [0.29, 0.717) is 31.2 Å². The van der Waals surface area contributed by atoms with Crippen LogP contribution in [0.1, 0.15) is 50.6 Å². The summed E-state index contributed by atoms with van der Waals surface area (Å²) in [6, 6.07) is 0.385. The molecule has 1 unspecified atom stereocenters. The van der Waals surface area contributed by atoms with Crippen LogP contribution in [0, 0.1) is 0 Å². The minimum Gasteiger partial charge on any atom is -0.382 e. The number of carbonyl (C=O) groups is 1. The molecule has 1 aliphatic heterocycles. The molecule has 2 heterocycles. The molecule has 0 aromatic carbocycles. The lowest BCUT2D eigenvalue weighted by molar-refractivity contribution is -0.135. The number of aromatic nitrogens is 3. The number of piperidine rings is 1. The molecule has 2 aliphatic rings. The molecule has 1 saturated carbocycles. The van der Waals surface area contributed by atoms with E-state index in [2.05, 4.69) is 15.4 Å². The van der Waals surface area contributed by atoms with Crippen molar-refractivity contribution in [3.05, 3.63) is 11.9 Å². The lowest BCUT2D eigenvalue weighted by Crippen LogP contribution is -2.51. The van der Waals surface area contributed by atoms with E-state index in [4.69, 9.17) is 0 Å². The van der Waals surface area contributed by atoms with Gasteiger partial charge in [0.2, 0.25) is 5.91 Å². The van der Waals surface area contributed by atoms with Gasteiger partial charge in [-0.15, -0.1) is 0 Å². The second kappa shape index (κ2) is 6.97. The van der Waals surface area contributed by atoms with E-state index < -0.39 is 5.60 Å². The number of H-pyrrole nitrogens is 1. The van der Waals surface area contributed by atoms with Crippen LogP contribution in [0.25, 0.3) is 0 Å². The minimum atomic E-state index is -1.01. The molecule has 7 heteroatoms. The first kappa shape index (κ1) is 16.4. The number of hydrogen-bond acceptors (Lipinski definition) is 5. The van der Waals surface area contributed by atoms with Crippen molar-refractivity contribution in [3.63, 3.8) is 0 Å². The van der Waals surface area contributed by atoms with Crippen LogP contribution in [0.3, 0.4) is 0 Å². The monoisotopic (exact) mass is 321 g/mol. The largest absolute Gasteiger partial charge is 0.382 e. The Morgan fingerprint density at radius 2 is 2.22 bits per heavy atom. The summed E-state index contributed by atoms with van der Waals surface area (Å²) in [5.41, 5.74) is -0.440. The Bertz CT molecular complexity index is 515. The van der Waals surface area contributed by atoms with E-state index in [1.54, 1.807) is 6.20 Å². The molecule has 0 spiro atoms. The molecule has 2 N–H and O–H groups in total. The Balaban J connectivity index is 1.57. The first-order chi connectivity index (χ1) is 11.1. The smallest absolute Gasteiger partial charge is 0.236 e. The summed E-state index contributed by atoms with van der Waals surface area (Å²) >= 11 is 0. The fourth-order valence-electron chi connectivity index (χ4n) is 3.87. The Labute approximate surface area is 137 Å². The lowest BCUT2D eigenvalue weighted by Gasteiger charge is -2.39. The van der Waals surface area contributed by atoms with Crippen LogP contribution in [0.4, 0.5) is 0 Å². The number of β-amino-alcohol motifs (C(OH)–C–C–N with tert-alkyl or cyclic N) is 1. The Hall–Kier alpha value is -1.47. The normalized spacial score (nSPS) is 27.0. The van der Waals surface area contributed by atoms with E-state index in [-0.39, 0.29) is 5.91 Å². The zero-order valence-electron chi connectivity index (χ0n) is 13.9. The topological polar surface area (TPSA) is 85.4 Å². The number of rotatable bonds is 4. The predicted octanol–water partition coefficient (Wildman–Crippen LogP) is 0.879. The van der Waals surface area contributed by atoms with Crippen LogP contribution < -0.4 is 0 Å². The number of aliphatic hydroxyl groups is 1. The van der Waals surface area contributed by atoms with Crippen molar-refractivity contribution in [2.24, 2.45) is 0 Å². The van der Waals surface area contributed by atoms with Crippen LogP contribution in [-0.4, -0.2) is 68.9 Å². The average molecular weight is 321 g/mol. The molecule has 3 rings (SSSR count). The molecule has 1 saturated heterocycles. The molecule has 0 radical (unpaired) electrons. The third-order valence-corrected chi connectivity index (χ3v) is 5.32. The van der Waals surface area contributed by atoms with Gasteiger partial charge in [-0.3, -0.25) is 9.69 Å². The second-order valence-electron chi connectivity index (χ2n) is 7.00. The number of nitrogens with one attached hydrogen (secondary N) is 1. The molecule has 23 heavy (non-hydrogen) atoms. The van der Waals surface area contributed by atoms with Gasteiger partial charge in [0.25, 0.3) is 0 Å². The quantitative estimate of drug-likeness (QED) is 0.860. The van der Waals surface area contributed by atoms with Crippen LogP contribution >= 0.6 is 0 Å². The van der Waals surface area contributed by atoms with Gasteiger partial charge in [0.15, 0.2) is 0 Å². The van der Waals surface area contributed by atoms with Gasteiger partial charge in [-0.05, 0) is 32.2 Å². The Morgan fingerprint density at radius 3 is 2.91 bits per heavy atom. The molecule has 128 valence electrons. The number of likely N-dealkylation sites (tertiary alicyclic amines) is 1. The minimum absolute atomic E-state index is 0.154. The van der Waals surface area contributed by atoms with Gasteiger partial charge in [0.1, 0.15) is 11.3 Å². The van der Waals surface area contributed by atoms with E-state index >= 15 is 0 Å². The van der Waals surface area contributed by atoms with Crippen molar-refractivity contribution in [2.45, 2.75) is 56.6 Å². The SMILES string of the molecule is CN(C(=O)CN1CCCC(O)(c2cn[nH]n2)C1)C1CCCCC1. The molecule has 1 atom stereocenters. The average Bonchev–Trinajstić information content (AvgIpc) is 3.10. The highest BCUT2D eigenvalue weighted by Gasteiger charge is 2.38. The van der Waals surface area contributed by atoms with Crippen molar-refractivity contribution in [3.8, 4) is 0 Å². The molecule has 1 aromatic heterocycles. The third kappa shape index (κ3) is 3.72. The molecular weight excluding hydrogens is 294 g/mol. The predicted molar refractivity (Wildman–Crippen MR) is 85.6 cm³/mol. The molecular formula is C16H27N5O2. The maximum absolute atomic E-state index is 12.6. The van der Waals surface area contributed by atoms with Gasteiger partial charge in [0.05, 0.1) is 12.7 Å². The van der Waals surface area contributed by atoms with Crippen LogP contribution in [0.15, 0.2) is 6.20 Å². The third-order valence-electron chi connectivity index (χ3n) is 5.32.